The van der Waals surface area contributed by atoms with Crippen LogP contribution in [0.1, 0.15) is 41.0 Å². The molecule has 0 saturated carbocycles. The molecule has 1 aliphatic heterocycles. The molecule has 1 atom stereocenters. The summed E-state index contributed by atoms with van der Waals surface area (Å²) in [6, 6.07) is 11.4. The molecular weight excluding hydrogens is 352 g/mol. The highest BCUT2D eigenvalue weighted by Crippen LogP contribution is 2.24. The number of amides is 1. The third-order valence-corrected chi connectivity index (χ3v) is 5.92. The minimum absolute atomic E-state index is 0.0297. The number of hydrogen-bond acceptors (Lipinski definition) is 4. The predicted molar refractivity (Wildman–Crippen MR) is 106 cm³/mol. The van der Waals surface area contributed by atoms with Crippen LogP contribution >= 0.6 is 0 Å². The Morgan fingerprint density at radius 3 is 2.96 bits per heavy atom. The van der Waals surface area contributed by atoms with Crippen LogP contribution in [0.25, 0.3) is 10.8 Å². The zero-order chi connectivity index (χ0) is 19.1. The molecule has 3 heterocycles. The van der Waals surface area contributed by atoms with E-state index < -0.39 is 0 Å². The fourth-order valence-corrected chi connectivity index (χ4v) is 4.49. The molecule has 5 rings (SSSR count). The Morgan fingerprint density at radius 2 is 2.04 bits per heavy atom. The summed E-state index contributed by atoms with van der Waals surface area (Å²) >= 11 is 0. The van der Waals surface area contributed by atoms with Crippen LogP contribution in [0.2, 0.25) is 0 Å². The fraction of sp³-hybridized carbons (Fsp3) is 0.364. The topological polar surface area (TPSA) is 68.1 Å². The van der Waals surface area contributed by atoms with Crippen molar-refractivity contribution in [3.05, 3.63) is 69.9 Å². The van der Waals surface area contributed by atoms with E-state index in [-0.39, 0.29) is 17.5 Å². The molecule has 0 radical (unpaired) electrons. The number of benzene rings is 1. The van der Waals surface area contributed by atoms with Crippen LogP contribution in [0.3, 0.4) is 0 Å². The molecule has 1 aromatic carbocycles. The standard InChI is InChI=1S/C22H22N4O2/c27-20-13-16-6-3-9-19(16)24-26(20)14-17-7-4-12-25(17)22(28)21-18-8-2-1-5-15(18)10-11-23-21/h1-2,5,8,10-11,13,17H,3-4,6-7,9,12,14H2. The van der Waals surface area contributed by atoms with Crippen molar-refractivity contribution in [1.29, 1.82) is 0 Å². The Hall–Kier alpha value is -3.02. The molecule has 0 spiro atoms. The van der Waals surface area contributed by atoms with Crippen molar-refractivity contribution < 1.29 is 4.79 Å². The number of pyridine rings is 1. The third kappa shape index (κ3) is 2.89. The van der Waals surface area contributed by atoms with Crippen LogP contribution in [-0.4, -0.2) is 38.2 Å². The van der Waals surface area contributed by atoms with Crippen LogP contribution in [0.4, 0.5) is 0 Å². The van der Waals surface area contributed by atoms with E-state index in [1.165, 1.54) is 0 Å². The predicted octanol–water partition coefficient (Wildman–Crippen LogP) is 2.59. The monoisotopic (exact) mass is 374 g/mol. The molecule has 1 unspecified atom stereocenters. The van der Waals surface area contributed by atoms with Gasteiger partial charge in [-0.05, 0) is 49.1 Å². The number of carbonyl (C=O) groups excluding carboxylic acids is 1. The lowest BCUT2D eigenvalue weighted by atomic mass is 10.1. The Bertz CT molecular complexity index is 1120. The lowest BCUT2D eigenvalue weighted by molar-refractivity contribution is 0.0716. The van der Waals surface area contributed by atoms with Crippen LogP contribution in [-0.2, 0) is 19.4 Å². The van der Waals surface area contributed by atoms with Gasteiger partial charge in [-0.3, -0.25) is 14.6 Å². The number of likely N-dealkylation sites (tertiary alicyclic amines) is 1. The first-order valence-electron chi connectivity index (χ1n) is 9.95. The van der Waals surface area contributed by atoms with E-state index >= 15 is 0 Å². The molecule has 1 aliphatic carbocycles. The summed E-state index contributed by atoms with van der Waals surface area (Å²) in [6.07, 6.45) is 6.43. The minimum Gasteiger partial charge on any atom is -0.332 e. The van der Waals surface area contributed by atoms with Crippen molar-refractivity contribution in [1.82, 2.24) is 19.7 Å². The molecule has 2 aliphatic rings. The van der Waals surface area contributed by atoms with E-state index in [9.17, 15) is 9.59 Å². The van der Waals surface area contributed by atoms with Gasteiger partial charge in [-0.15, -0.1) is 0 Å². The third-order valence-electron chi connectivity index (χ3n) is 5.92. The highest BCUT2D eigenvalue weighted by Gasteiger charge is 2.32. The summed E-state index contributed by atoms with van der Waals surface area (Å²) in [5.74, 6) is -0.0616. The number of fused-ring (bicyclic) bond motifs is 2. The normalized spacial score (nSPS) is 18.6. The van der Waals surface area contributed by atoms with Gasteiger partial charge in [0, 0.05) is 24.2 Å². The van der Waals surface area contributed by atoms with Gasteiger partial charge in [0.1, 0.15) is 5.69 Å². The second-order valence-corrected chi connectivity index (χ2v) is 7.67. The van der Waals surface area contributed by atoms with Crippen LogP contribution in [0.15, 0.2) is 47.4 Å². The quantitative estimate of drug-likeness (QED) is 0.707. The SMILES string of the molecule is O=C(c1nccc2ccccc12)N1CCCC1Cn1nc2c(cc1=O)CCC2. The first kappa shape index (κ1) is 17.1. The number of aryl methyl sites for hydroxylation is 2. The molecule has 1 saturated heterocycles. The number of nitrogens with zero attached hydrogens (tertiary/aromatic N) is 4. The van der Waals surface area contributed by atoms with Crippen molar-refractivity contribution in [3.63, 3.8) is 0 Å². The van der Waals surface area contributed by atoms with Gasteiger partial charge in [0.2, 0.25) is 0 Å². The molecular formula is C22H22N4O2. The first-order valence-corrected chi connectivity index (χ1v) is 9.95. The van der Waals surface area contributed by atoms with Gasteiger partial charge in [0.05, 0.1) is 18.3 Å². The Kier molecular flexibility index (Phi) is 4.19. The second kappa shape index (κ2) is 6.86. The van der Waals surface area contributed by atoms with E-state index in [1.54, 1.807) is 16.9 Å². The molecule has 1 amide bonds. The van der Waals surface area contributed by atoms with Gasteiger partial charge < -0.3 is 4.90 Å². The zero-order valence-corrected chi connectivity index (χ0v) is 15.7. The molecule has 3 aromatic rings. The minimum atomic E-state index is -0.0664. The van der Waals surface area contributed by atoms with Crippen molar-refractivity contribution in [2.24, 2.45) is 0 Å². The average molecular weight is 374 g/mol. The molecule has 142 valence electrons. The summed E-state index contributed by atoms with van der Waals surface area (Å²) in [6.45, 7) is 1.14. The smallest absolute Gasteiger partial charge is 0.273 e. The molecule has 28 heavy (non-hydrogen) atoms. The van der Waals surface area contributed by atoms with E-state index in [1.807, 2.05) is 35.2 Å². The highest BCUT2D eigenvalue weighted by atomic mass is 16.2. The number of aromatic nitrogens is 3. The average Bonchev–Trinajstić information content (AvgIpc) is 3.36. The molecule has 0 bridgehead atoms. The Labute approximate surface area is 162 Å². The van der Waals surface area contributed by atoms with E-state index in [0.29, 0.717) is 18.8 Å². The van der Waals surface area contributed by atoms with Crippen molar-refractivity contribution >= 4 is 16.7 Å². The number of hydrogen-bond donors (Lipinski definition) is 0. The van der Waals surface area contributed by atoms with Gasteiger partial charge in [-0.1, -0.05) is 24.3 Å². The zero-order valence-electron chi connectivity index (χ0n) is 15.7. The fourth-order valence-electron chi connectivity index (χ4n) is 4.49. The number of rotatable bonds is 3. The lowest BCUT2D eigenvalue weighted by Gasteiger charge is -2.25. The van der Waals surface area contributed by atoms with Crippen LogP contribution < -0.4 is 5.56 Å². The lowest BCUT2D eigenvalue weighted by Crippen LogP contribution is -2.41. The van der Waals surface area contributed by atoms with Gasteiger partial charge in [0.15, 0.2) is 0 Å². The summed E-state index contributed by atoms with van der Waals surface area (Å²) in [5, 5.41) is 6.46. The maximum absolute atomic E-state index is 13.3. The van der Waals surface area contributed by atoms with Crippen molar-refractivity contribution in [2.75, 3.05) is 6.54 Å². The number of carbonyl (C=O) groups is 1. The molecule has 2 aromatic heterocycles. The highest BCUT2D eigenvalue weighted by molar-refractivity contribution is 6.05. The van der Waals surface area contributed by atoms with Gasteiger partial charge in [0.25, 0.3) is 11.5 Å². The van der Waals surface area contributed by atoms with Gasteiger partial charge >= 0.3 is 0 Å². The maximum atomic E-state index is 13.3. The van der Waals surface area contributed by atoms with Gasteiger partial charge in [-0.25, -0.2) is 4.68 Å². The van der Waals surface area contributed by atoms with Gasteiger partial charge in [-0.2, -0.15) is 5.10 Å². The largest absolute Gasteiger partial charge is 0.332 e. The Morgan fingerprint density at radius 1 is 1.14 bits per heavy atom. The van der Waals surface area contributed by atoms with Crippen LogP contribution in [0, 0.1) is 0 Å². The van der Waals surface area contributed by atoms with E-state index in [0.717, 1.165) is 54.1 Å². The van der Waals surface area contributed by atoms with Crippen molar-refractivity contribution in [3.8, 4) is 0 Å². The molecule has 0 N–H and O–H groups in total. The summed E-state index contributed by atoms with van der Waals surface area (Å²) in [4.78, 5) is 32.0. The summed E-state index contributed by atoms with van der Waals surface area (Å²) in [5.41, 5.74) is 2.54. The molecule has 6 nitrogen and oxygen atoms in total. The van der Waals surface area contributed by atoms with E-state index in [2.05, 4.69) is 10.1 Å². The summed E-state index contributed by atoms with van der Waals surface area (Å²) < 4.78 is 1.55. The summed E-state index contributed by atoms with van der Waals surface area (Å²) in [7, 11) is 0. The molecule has 1 fully saturated rings. The van der Waals surface area contributed by atoms with E-state index in [4.69, 9.17) is 0 Å². The van der Waals surface area contributed by atoms with Crippen LogP contribution in [0.5, 0.6) is 0 Å². The Balaban J connectivity index is 1.44. The maximum Gasteiger partial charge on any atom is 0.273 e. The second-order valence-electron chi connectivity index (χ2n) is 7.67. The van der Waals surface area contributed by atoms with Crippen molar-refractivity contribution in [2.45, 2.75) is 44.7 Å². The first-order chi connectivity index (χ1) is 13.7. The molecule has 6 heteroatoms.